The molecule has 0 aliphatic heterocycles. The molecule has 2 nitrogen and oxygen atoms in total. The number of hydrogen-bond donors (Lipinski definition) is 1. The molecule has 2 rings (SSSR count). The zero-order chi connectivity index (χ0) is 13.1. The van der Waals surface area contributed by atoms with E-state index < -0.39 is 0 Å². The molecule has 0 aliphatic rings. The van der Waals surface area contributed by atoms with Crippen LogP contribution in [0, 0.1) is 5.82 Å². The molecular weight excluding hydrogens is 251 g/mol. The standard InChI is InChI=1S/C14H14ClFN2/c1-18(12-5-3-11(17)4-6-12)9-10-2-7-13(15)14(16)8-10/h2-8H,9,17H2,1H3. The van der Waals surface area contributed by atoms with Crippen LogP contribution in [0.2, 0.25) is 5.02 Å². The van der Waals surface area contributed by atoms with Crippen LogP contribution in [0.4, 0.5) is 15.8 Å². The minimum absolute atomic E-state index is 0.147. The van der Waals surface area contributed by atoms with Crippen LogP contribution in [0.15, 0.2) is 42.5 Å². The van der Waals surface area contributed by atoms with Gasteiger partial charge in [0.05, 0.1) is 5.02 Å². The molecule has 4 heteroatoms. The van der Waals surface area contributed by atoms with Crippen molar-refractivity contribution < 1.29 is 4.39 Å². The highest BCUT2D eigenvalue weighted by molar-refractivity contribution is 6.30. The summed E-state index contributed by atoms with van der Waals surface area (Å²) in [6, 6.07) is 12.4. The van der Waals surface area contributed by atoms with Crippen molar-refractivity contribution in [2.45, 2.75) is 6.54 Å². The SMILES string of the molecule is CN(Cc1ccc(Cl)c(F)c1)c1ccc(N)cc1. The van der Waals surface area contributed by atoms with Crippen LogP contribution in [0.1, 0.15) is 5.56 Å². The lowest BCUT2D eigenvalue weighted by atomic mass is 10.2. The van der Waals surface area contributed by atoms with Crippen molar-refractivity contribution in [2.24, 2.45) is 0 Å². The van der Waals surface area contributed by atoms with Gasteiger partial charge in [0, 0.05) is 25.0 Å². The lowest BCUT2D eigenvalue weighted by Crippen LogP contribution is -2.16. The summed E-state index contributed by atoms with van der Waals surface area (Å²) in [5.74, 6) is -0.389. The second kappa shape index (κ2) is 5.27. The van der Waals surface area contributed by atoms with Crippen molar-refractivity contribution in [1.82, 2.24) is 0 Å². The summed E-state index contributed by atoms with van der Waals surface area (Å²) in [4.78, 5) is 2.02. The van der Waals surface area contributed by atoms with Gasteiger partial charge in [-0.15, -0.1) is 0 Å². The van der Waals surface area contributed by atoms with Crippen LogP contribution in [0.3, 0.4) is 0 Å². The maximum atomic E-state index is 13.3. The molecule has 0 unspecified atom stereocenters. The summed E-state index contributed by atoms with van der Waals surface area (Å²) in [5, 5.41) is 0.147. The fourth-order valence-corrected chi connectivity index (χ4v) is 1.85. The van der Waals surface area contributed by atoms with E-state index in [4.69, 9.17) is 17.3 Å². The molecule has 0 fully saturated rings. The van der Waals surface area contributed by atoms with Crippen LogP contribution < -0.4 is 10.6 Å². The minimum Gasteiger partial charge on any atom is -0.399 e. The number of hydrogen-bond acceptors (Lipinski definition) is 2. The van der Waals surface area contributed by atoms with Gasteiger partial charge in [0.25, 0.3) is 0 Å². The zero-order valence-electron chi connectivity index (χ0n) is 10.0. The molecule has 0 aliphatic carbocycles. The monoisotopic (exact) mass is 264 g/mol. The van der Waals surface area contributed by atoms with Crippen molar-refractivity contribution >= 4 is 23.0 Å². The van der Waals surface area contributed by atoms with E-state index in [1.807, 2.05) is 42.3 Å². The Morgan fingerprint density at radius 3 is 2.44 bits per heavy atom. The number of nitrogens with two attached hydrogens (primary N) is 1. The van der Waals surface area contributed by atoms with E-state index in [2.05, 4.69) is 0 Å². The molecule has 18 heavy (non-hydrogen) atoms. The van der Waals surface area contributed by atoms with E-state index in [-0.39, 0.29) is 10.8 Å². The van der Waals surface area contributed by atoms with Crippen LogP contribution >= 0.6 is 11.6 Å². The van der Waals surface area contributed by atoms with Crippen LogP contribution in [-0.4, -0.2) is 7.05 Å². The van der Waals surface area contributed by atoms with Crippen molar-refractivity contribution in [3.8, 4) is 0 Å². The summed E-state index contributed by atoms with van der Waals surface area (Å²) < 4.78 is 13.3. The smallest absolute Gasteiger partial charge is 0.142 e. The molecule has 0 radical (unpaired) electrons. The van der Waals surface area contributed by atoms with Crippen molar-refractivity contribution in [1.29, 1.82) is 0 Å². The third-order valence-electron chi connectivity index (χ3n) is 2.74. The fraction of sp³-hybridized carbons (Fsp3) is 0.143. The lowest BCUT2D eigenvalue weighted by molar-refractivity contribution is 0.625. The van der Waals surface area contributed by atoms with Gasteiger partial charge in [-0.25, -0.2) is 4.39 Å². The fourth-order valence-electron chi connectivity index (χ4n) is 1.73. The van der Waals surface area contributed by atoms with Gasteiger partial charge in [0.1, 0.15) is 5.82 Å². The van der Waals surface area contributed by atoms with Crippen LogP contribution in [0.25, 0.3) is 0 Å². The average molecular weight is 265 g/mol. The number of benzene rings is 2. The predicted octanol–water partition coefficient (Wildman–Crippen LogP) is 3.70. The molecule has 94 valence electrons. The Morgan fingerprint density at radius 1 is 1.17 bits per heavy atom. The Balaban J connectivity index is 2.13. The Hall–Kier alpha value is -1.74. The first kappa shape index (κ1) is 12.7. The molecule has 0 spiro atoms. The molecule has 0 aromatic heterocycles. The summed E-state index contributed by atoms with van der Waals surface area (Å²) in [6.45, 7) is 0.609. The topological polar surface area (TPSA) is 29.3 Å². The van der Waals surface area contributed by atoms with Gasteiger partial charge in [0.15, 0.2) is 0 Å². The molecule has 0 atom stereocenters. The maximum Gasteiger partial charge on any atom is 0.142 e. The van der Waals surface area contributed by atoms with Gasteiger partial charge < -0.3 is 10.6 Å². The van der Waals surface area contributed by atoms with Crippen LogP contribution in [-0.2, 0) is 6.54 Å². The first-order valence-electron chi connectivity index (χ1n) is 5.57. The second-order valence-corrected chi connectivity index (χ2v) is 4.60. The summed E-state index contributed by atoms with van der Waals surface area (Å²) in [5.41, 5.74) is 8.26. The average Bonchev–Trinajstić information content (AvgIpc) is 2.34. The molecule has 0 amide bonds. The Morgan fingerprint density at radius 2 is 1.83 bits per heavy atom. The van der Waals surface area contributed by atoms with Gasteiger partial charge in [-0.1, -0.05) is 17.7 Å². The molecular formula is C14H14ClFN2. The molecule has 2 N–H and O–H groups in total. The maximum absolute atomic E-state index is 13.3. The Kier molecular flexibility index (Phi) is 3.72. The van der Waals surface area contributed by atoms with E-state index in [0.717, 1.165) is 16.9 Å². The highest BCUT2D eigenvalue weighted by atomic mass is 35.5. The van der Waals surface area contributed by atoms with E-state index in [9.17, 15) is 4.39 Å². The Labute approximate surface area is 111 Å². The molecule has 0 saturated heterocycles. The highest BCUT2D eigenvalue weighted by Gasteiger charge is 2.05. The minimum atomic E-state index is -0.389. The molecule has 0 bridgehead atoms. The zero-order valence-corrected chi connectivity index (χ0v) is 10.8. The molecule has 2 aromatic rings. The van der Waals surface area contributed by atoms with Crippen molar-refractivity contribution in [3.63, 3.8) is 0 Å². The third kappa shape index (κ3) is 2.93. The van der Waals surface area contributed by atoms with Crippen molar-refractivity contribution in [3.05, 3.63) is 58.9 Å². The van der Waals surface area contributed by atoms with Gasteiger partial charge >= 0.3 is 0 Å². The van der Waals surface area contributed by atoms with Gasteiger partial charge in [-0.3, -0.25) is 0 Å². The number of anilines is 2. The van der Waals surface area contributed by atoms with Gasteiger partial charge in [-0.05, 0) is 42.0 Å². The highest BCUT2D eigenvalue weighted by Crippen LogP contribution is 2.20. The summed E-state index contributed by atoms with van der Waals surface area (Å²) in [7, 11) is 1.94. The molecule has 2 aromatic carbocycles. The first-order valence-corrected chi connectivity index (χ1v) is 5.94. The third-order valence-corrected chi connectivity index (χ3v) is 3.04. The second-order valence-electron chi connectivity index (χ2n) is 4.20. The Bertz CT molecular complexity index is 540. The lowest BCUT2D eigenvalue weighted by Gasteiger charge is -2.19. The number of nitrogen functional groups attached to an aromatic ring is 1. The quantitative estimate of drug-likeness (QED) is 0.857. The number of halogens is 2. The largest absolute Gasteiger partial charge is 0.399 e. The molecule has 0 heterocycles. The number of rotatable bonds is 3. The van der Waals surface area contributed by atoms with E-state index in [1.54, 1.807) is 6.07 Å². The van der Waals surface area contributed by atoms with Crippen molar-refractivity contribution in [2.75, 3.05) is 17.7 Å². The van der Waals surface area contributed by atoms with Gasteiger partial charge in [-0.2, -0.15) is 0 Å². The van der Waals surface area contributed by atoms with E-state index in [1.165, 1.54) is 6.07 Å². The number of nitrogens with zero attached hydrogens (tertiary/aromatic N) is 1. The van der Waals surface area contributed by atoms with Crippen LogP contribution in [0.5, 0.6) is 0 Å². The van der Waals surface area contributed by atoms with Gasteiger partial charge in [0.2, 0.25) is 0 Å². The summed E-state index contributed by atoms with van der Waals surface area (Å²) >= 11 is 5.65. The molecule has 0 saturated carbocycles. The normalized spacial score (nSPS) is 10.4. The first-order chi connectivity index (χ1) is 8.56. The van der Waals surface area contributed by atoms with E-state index in [0.29, 0.717) is 6.54 Å². The van der Waals surface area contributed by atoms with E-state index >= 15 is 0 Å². The summed E-state index contributed by atoms with van der Waals surface area (Å²) in [6.07, 6.45) is 0. The predicted molar refractivity (Wildman–Crippen MR) is 74.4 cm³/mol.